The first kappa shape index (κ1) is 13.6. The van der Waals surface area contributed by atoms with Gasteiger partial charge in [0.25, 0.3) is 0 Å². The van der Waals surface area contributed by atoms with Gasteiger partial charge in [-0.3, -0.25) is 0 Å². The minimum absolute atomic E-state index is 0.451. The average molecular weight is 246 g/mol. The van der Waals surface area contributed by atoms with Crippen LogP contribution in [-0.4, -0.2) is 31.1 Å². The molecule has 1 aromatic carbocycles. The second-order valence-corrected chi connectivity index (χ2v) is 5.58. The third-order valence-electron chi connectivity index (χ3n) is 4.00. The molecule has 1 saturated heterocycles. The summed E-state index contributed by atoms with van der Waals surface area (Å²) < 4.78 is 0. The molecule has 1 N–H and O–H groups in total. The Bertz CT molecular complexity index is 358. The SMILES string of the molecule is CCc1ccc(C(C)NC2CCCN(C)C2)cc1. The predicted molar refractivity (Wildman–Crippen MR) is 77.9 cm³/mol. The van der Waals surface area contributed by atoms with E-state index in [4.69, 9.17) is 0 Å². The number of likely N-dealkylation sites (tertiary alicyclic amines) is 1. The zero-order chi connectivity index (χ0) is 13.0. The first-order valence-corrected chi connectivity index (χ1v) is 7.22. The summed E-state index contributed by atoms with van der Waals surface area (Å²) in [5.41, 5.74) is 2.82. The van der Waals surface area contributed by atoms with E-state index in [0.29, 0.717) is 12.1 Å². The van der Waals surface area contributed by atoms with E-state index >= 15 is 0 Å². The van der Waals surface area contributed by atoms with Crippen LogP contribution in [0.2, 0.25) is 0 Å². The Morgan fingerprint density at radius 2 is 2.06 bits per heavy atom. The zero-order valence-corrected chi connectivity index (χ0v) is 11.9. The van der Waals surface area contributed by atoms with Crippen LogP contribution < -0.4 is 5.32 Å². The van der Waals surface area contributed by atoms with Gasteiger partial charge in [-0.2, -0.15) is 0 Å². The van der Waals surface area contributed by atoms with Crippen LogP contribution in [0, 0.1) is 0 Å². The lowest BCUT2D eigenvalue weighted by Gasteiger charge is -2.32. The van der Waals surface area contributed by atoms with E-state index in [0.717, 1.165) is 6.42 Å². The maximum Gasteiger partial charge on any atom is 0.0294 e. The number of piperidine rings is 1. The van der Waals surface area contributed by atoms with Crippen molar-refractivity contribution >= 4 is 0 Å². The fourth-order valence-electron chi connectivity index (χ4n) is 2.79. The summed E-state index contributed by atoms with van der Waals surface area (Å²) in [6.07, 6.45) is 3.74. The molecule has 1 aliphatic heterocycles. The van der Waals surface area contributed by atoms with Crippen molar-refractivity contribution in [1.82, 2.24) is 10.2 Å². The Kier molecular flexibility index (Phi) is 4.79. The number of likely N-dealkylation sites (N-methyl/N-ethyl adjacent to an activating group) is 1. The number of nitrogens with zero attached hydrogens (tertiary/aromatic N) is 1. The Morgan fingerprint density at radius 3 is 2.67 bits per heavy atom. The average Bonchev–Trinajstić information content (AvgIpc) is 2.39. The molecule has 1 aromatic rings. The molecule has 0 amide bonds. The highest BCUT2D eigenvalue weighted by Gasteiger charge is 2.18. The van der Waals surface area contributed by atoms with Crippen molar-refractivity contribution in [3.05, 3.63) is 35.4 Å². The molecule has 2 atom stereocenters. The maximum atomic E-state index is 3.76. The van der Waals surface area contributed by atoms with Crippen LogP contribution in [0.15, 0.2) is 24.3 Å². The fourth-order valence-corrected chi connectivity index (χ4v) is 2.79. The number of benzene rings is 1. The van der Waals surface area contributed by atoms with Gasteiger partial charge in [0.15, 0.2) is 0 Å². The second-order valence-electron chi connectivity index (χ2n) is 5.58. The molecular weight excluding hydrogens is 220 g/mol. The topological polar surface area (TPSA) is 15.3 Å². The van der Waals surface area contributed by atoms with E-state index in [2.05, 4.69) is 55.4 Å². The van der Waals surface area contributed by atoms with Gasteiger partial charge in [-0.1, -0.05) is 31.2 Å². The van der Waals surface area contributed by atoms with Crippen molar-refractivity contribution in [3.8, 4) is 0 Å². The highest BCUT2D eigenvalue weighted by molar-refractivity contribution is 5.24. The van der Waals surface area contributed by atoms with Crippen LogP contribution in [0.5, 0.6) is 0 Å². The number of hydrogen-bond acceptors (Lipinski definition) is 2. The van der Waals surface area contributed by atoms with E-state index in [1.807, 2.05) is 0 Å². The molecule has 0 spiro atoms. The Labute approximate surface area is 111 Å². The maximum absolute atomic E-state index is 3.76. The molecule has 0 aliphatic carbocycles. The van der Waals surface area contributed by atoms with Crippen molar-refractivity contribution in [2.45, 2.75) is 45.2 Å². The summed E-state index contributed by atoms with van der Waals surface area (Å²) in [6.45, 7) is 6.90. The van der Waals surface area contributed by atoms with Gasteiger partial charge in [0.1, 0.15) is 0 Å². The highest BCUT2D eigenvalue weighted by Crippen LogP contribution is 2.17. The number of nitrogens with one attached hydrogen (secondary N) is 1. The third kappa shape index (κ3) is 3.56. The number of rotatable bonds is 4. The van der Waals surface area contributed by atoms with Crippen LogP contribution in [0.3, 0.4) is 0 Å². The summed E-state index contributed by atoms with van der Waals surface area (Å²) in [6, 6.07) is 10.1. The molecule has 18 heavy (non-hydrogen) atoms. The molecule has 1 fully saturated rings. The molecule has 0 aromatic heterocycles. The quantitative estimate of drug-likeness (QED) is 0.878. The van der Waals surface area contributed by atoms with E-state index in [1.165, 1.54) is 37.1 Å². The highest BCUT2D eigenvalue weighted by atomic mass is 15.1. The van der Waals surface area contributed by atoms with Crippen LogP contribution in [0.4, 0.5) is 0 Å². The summed E-state index contributed by atoms with van der Waals surface area (Å²) in [7, 11) is 2.22. The Hall–Kier alpha value is -0.860. The molecular formula is C16H26N2. The van der Waals surface area contributed by atoms with E-state index in [1.54, 1.807) is 0 Å². The van der Waals surface area contributed by atoms with Crippen molar-refractivity contribution in [3.63, 3.8) is 0 Å². The second kappa shape index (κ2) is 6.35. The van der Waals surface area contributed by atoms with Gasteiger partial charge in [-0.15, -0.1) is 0 Å². The lowest BCUT2D eigenvalue weighted by atomic mass is 10.0. The Morgan fingerprint density at radius 1 is 1.33 bits per heavy atom. The summed E-state index contributed by atoms with van der Waals surface area (Å²) in [4.78, 5) is 2.42. The lowest BCUT2D eigenvalue weighted by molar-refractivity contribution is 0.218. The van der Waals surface area contributed by atoms with Crippen molar-refractivity contribution in [2.75, 3.05) is 20.1 Å². The van der Waals surface area contributed by atoms with Gasteiger partial charge >= 0.3 is 0 Å². The van der Waals surface area contributed by atoms with Crippen molar-refractivity contribution in [1.29, 1.82) is 0 Å². The van der Waals surface area contributed by atoms with Gasteiger partial charge in [0.05, 0.1) is 0 Å². The van der Waals surface area contributed by atoms with Crippen LogP contribution in [-0.2, 0) is 6.42 Å². The molecule has 100 valence electrons. The van der Waals surface area contributed by atoms with Crippen LogP contribution >= 0.6 is 0 Å². The third-order valence-corrected chi connectivity index (χ3v) is 4.00. The standard InChI is InChI=1S/C16H26N2/c1-4-14-7-9-15(10-8-14)13(2)17-16-6-5-11-18(3)12-16/h7-10,13,16-17H,4-6,11-12H2,1-3H3. The minimum atomic E-state index is 0.451. The van der Waals surface area contributed by atoms with Gasteiger partial charge < -0.3 is 10.2 Å². The molecule has 2 unspecified atom stereocenters. The monoisotopic (exact) mass is 246 g/mol. The van der Waals surface area contributed by atoms with Crippen molar-refractivity contribution < 1.29 is 0 Å². The predicted octanol–water partition coefficient (Wildman–Crippen LogP) is 2.99. The molecule has 2 nitrogen and oxygen atoms in total. The fraction of sp³-hybridized carbons (Fsp3) is 0.625. The molecule has 0 bridgehead atoms. The summed E-state index contributed by atoms with van der Waals surface area (Å²) in [5, 5.41) is 3.76. The molecule has 2 rings (SSSR count). The van der Waals surface area contributed by atoms with Crippen LogP contribution in [0.1, 0.15) is 43.9 Å². The molecule has 0 radical (unpaired) electrons. The van der Waals surface area contributed by atoms with Crippen LogP contribution in [0.25, 0.3) is 0 Å². The smallest absolute Gasteiger partial charge is 0.0294 e. The van der Waals surface area contributed by atoms with Gasteiger partial charge in [0.2, 0.25) is 0 Å². The number of aryl methyl sites for hydroxylation is 1. The molecule has 1 aliphatic rings. The minimum Gasteiger partial charge on any atom is -0.306 e. The normalized spacial score (nSPS) is 22.9. The largest absolute Gasteiger partial charge is 0.306 e. The first-order valence-electron chi connectivity index (χ1n) is 7.22. The summed E-state index contributed by atoms with van der Waals surface area (Å²) in [5.74, 6) is 0. The Balaban J connectivity index is 1.91. The van der Waals surface area contributed by atoms with Gasteiger partial charge in [-0.05, 0) is 50.9 Å². The number of hydrogen-bond donors (Lipinski definition) is 1. The first-order chi connectivity index (χ1) is 8.69. The zero-order valence-electron chi connectivity index (χ0n) is 11.9. The van der Waals surface area contributed by atoms with Crippen molar-refractivity contribution in [2.24, 2.45) is 0 Å². The van der Waals surface area contributed by atoms with E-state index < -0.39 is 0 Å². The van der Waals surface area contributed by atoms with E-state index in [-0.39, 0.29) is 0 Å². The molecule has 0 saturated carbocycles. The lowest BCUT2D eigenvalue weighted by Crippen LogP contribution is -2.44. The molecule has 2 heteroatoms. The van der Waals surface area contributed by atoms with E-state index in [9.17, 15) is 0 Å². The van der Waals surface area contributed by atoms with Gasteiger partial charge in [0, 0.05) is 18.6 Å². The van der Waals surface area contributed by atoms with Gasteiger partial charge in [-0.25, -0.2) is 0 Å². The molecule has 1 heterocycles. The summed E-state index contributed by atoms with van der Waals surface area (Å²) >= 11 is 0.